The number of hydrogen-bond donors (Lipinski definition) is 2. The summed E-state index contributed by atoms with van der Waals surface area (Å²) < 4.78 is 0. The molecule has 1 aromatic rings. The second kappa shape index (κ2) is 7.81. The van der Waals surface area contributed by atoms with Crippen LogP contribution >= 0.6 is 11.6 Å². The van der Waals surface area contributed by atoms with Gasteiger partial charge in [-0.25, -0.2) is 0 Å². The summed E-state index contributed by atoms with van der Waals surface area (Å²) in [6, 6.07) is 7.94. The monoisotopic (exact) mass is 308 g/mol. The molecule has 0 heterocycles. The number of hydrogen-bond acceptors (Lipinski definition) is 2. The van der Waals surface area contributed by atoms with Crippen molar-refractivity contribution in [2.45, 2.75) is 45.1 Å². The molecule has 4 heteroatoms. The Morgan fingerprint density at radius 1 is 1.29 bits per heavy atom. The number of carbonyl (C=O) groups excluding carboxylic acids is 1. The lowest BCUT2D eigenvalue weighted by Gasteiger charge is -2.28. The third-order valence-corrected chi connectivity index (χ3v) is 4.65. The highest BCUT2D eigenvalue weighted by Crippen LogP contribution is 2.28. The van der Waals surface area contributed by atoms with Crippen molar-refractivity contribution < 1.29 is 4.79 Å². The zero-order valence-corrected chi connectivity index (χ0v) is 13.4. The maximum absolute atomic E-state index is 12.3. The van der Waals surface area contributed by atoms with Crippen molar-refractivity contribution in [3.63, 3.8) is 0 Å². The smallest absolute Gasteiger partial charge is 0.223 e. The van der Waals surface area contributed by atoms with Crippen LogP contribution in [0.4, 0.5) is 0 Å². The number of nitrogens with one attached hydrogen (secondary N) is 1. The average Bonchev–Trinajstić information content (AvgIpc) is 2.49. The molecule has 3 nitrogen and oxygen atoms in total. The quantitative estimate of drug-likeness (QED) is 0.878. The van der Waals surface area contributed by atoms with Gasteiger partial charge in [-0.05, 0) is 69.2 Å². The van der Waals surface area contributed by atoms with Crippen LogP contribution in [0.1, 0.15) is 38.2 Å². The summed E-state index contributed by atoms with van der Waals surface area (Å²) in [5.41, 5.74) is 6.89. The topological polar surface area (TPSA) is 55.1 Å². The summed E-state index contributed by atoms with van der Waals surface area (Å²) in [6.07, 6.45) is 4.95. The molecule has 21 heavy (non-hydrogen) atoms. The van der Waals surface area contributed by atoms with Gasteiger partial charge in [0, 0.05) is 17.0 Å². The second-order valence-corrected chi connectivity index (χ2v) is 6.63. The van der Waals surface area contributed by atoms with Gasteiger partial charge >= 0.3 is 0 Å². The van der Waals surface area contributed by atoms with E-state index < -0.39 is 0 Å². The summed E-state index contributed by atoms with van der Waals surface area (Å²) in [4.78, 5) is 12.3. The number of rotatable bonds is 5. The molecule has 1 aliphatic carbocycles. The Morgan fingerprint density at radius 3 is 2.48 bits per heavy atom. The first kappa shape index (κ1) is 16.3. The first-order valence-electron chi connectivity index (χ1n) is 7.83. The molecule has 0 aromatic heterocycles. The second-order valence-electron chi connectivity index (χ2n) is 6.19. The Hall–Kier alpha value is -1.06. The zero-order chi connectivity index (χ0) is 15.2. The molecule has 1 unspecified atom stereocenters. The molecule has 1 fully saturated rings. The summed E-state index contributed by atoms with van der Waals surface area (Å²) in [7, 11) is 0. The van der Waals surface area contributed by atoms with E-state index in [0.717, 1.165) is 43.7 Å². The predicted octanol–water partition coefficient (Wildman–Crippen LogP) is 3.15. The maximum atomic E-state index is 12.3. The molecule has 0 saturated heterocycles. The third-order valence-electron chi connectivity index (χ3n) is 4.39. The SMILES string of the molecule is CC(Cc1ccc(Cl)cc1)NC(=O)C1CCC(CN)CC1. The Kier molecular flexibility index (Phi) is 6.07. The van der Waals surface area contributed by atoms with Gasteiger partial charge in [-0.15, -0.1) is 0 Å². The van der Waals surface area contributed by atoms with Crippen LogP contribution in [-0.2, 0) is 11.2 Å². The summed E-state index contributed by atoms with van der Waals surface area (Å²) in [5, 5.41) is 3.89. The Bertz CT molecular complexity index is 452. The van der Waals surface area contributed by atoms with Crippen molar-refractivity contribution in [2.24, 2.45) is 17.6 Å². The highest BCUT2D eigenvalue weighted by molar-refractivity contribution is 6.30. The molecule has 116 valence electrons. The molecule has 1 atom stereocenters. The van der Waals surface area contributed by atoms with Gasteiger partial charge in [0.2, 0.25) is 5.91 Å². The van der Waals surface area contributed by atoms with Crippen LogP contribution in [0.15, 0.2) is 24.3 Å². The van der Waals surface area contributed by atoms with Gasteiger partial charge in [-0.2, -0.15) is 0 Å². The van der Waals surface area contributed by atoms with E-state index in [1.54, 1.807) is 0 Å². The van der Waals surface area contributed by atoms with Crippen LogP contribution in [-0.4, -0.2) is 18.5 Å². The average molecular weight is 309 g/mol. The van der Waals surface area contributed by atoms with E-state index in [4.69, 9.17) is 17.3 Å². The maximum Gasteiger partial charge on any atom is 0.223 e. The highest BCUT2D eigenvalue weighted by Gasteiger charge is 2.26. The van der Waals surface area contributed by atoms with Gasteiger partial charge in [0.15, 0.2) is 0 Å². The van der Waals surface area contributed by atoms with E-state index in [2.05, 4.69) is 12.2 Å². The molecular formula is C17H25ClN2O. The summed E-state index contributed by atoms with van der Waals surface area (Å²) in [6.45, 7) is 2.80. The molecule has 0 bridgehead atoms. The zero-order valence-electron chi connectivity index (χ0n) is 12.6. The van der Waals surface area contributed by atoms with E-state index in [9.17, 15) is 4.79 Å². The lowest BCUT2D eigenvalue weighted by Crippen LogP contribution is -2.40. The molecule has 2 rings (SSSR count). The largest absolute Gasteiger partial charge is 0.353 e. The molecular weight excluding hydrogens is 284 g/mol. The molecule has 1 saturated carbocycles. The van der Waals surface area contributed by atoms with Crippen LogP contribution in [0.2, 0.25) is 5.02 Å². The number of nitrogens with two attached hydrogens (primary N) is 1. The van der Waals surface area contributed by atoms with Crippen LogP contribution < -0.4 is 11.1 Å². The fourth-order valence-electron chi connectivity index (χ4n) is 3.05. The molecule has 1 amide bonds. The molecule has 0 radical (unpaired) electrons. The standard InChI is InChI=1S/C17H25ClN2O/c1-12(10-13-4-8-16(18)9-5-13)20-17(21)15-6-2-14(11-19)3-7-15/h4-5,8-9,12,14-15H,2-3,6-7,10-11,19H2,1H3,(H,20,21). The number of halogens is 1. The van der Waals surface area contributed by atoms with Crippen molar-refractivity contribution in [3.05, 3.63) is 34.9 Å². The molecule has 0 aliphatic heterocycles. The lowest BCUT2D eigenvalue weighted by molar-refractivity contribution is -0.126. The van der Waals surface area contributed by atoms with Gasteiger partial charge in [-0.1, -0.05) is 23.7 Å². The van der Waals surface area contributed by atoms with Crippen LogP contribution in [0.5, 0.6) is 0 Å². The molecule has 3 N–H and O–H groups in total. The van der Waals surface area contributed by atoms with E-state index in [1.807, 2.05) is 24.3 Å². The van der Waals surface area contributed by atoms with Crippen molar-refractivity contribution >= 4 is 17.5 Å². The van der Waals surface area contributed by atoms with Gasteiger partial charge < -0.3 is 11.1 Å². The van der Waals surface area contributed by atoms with Crippen LogP contribution in [0.3, 0.4) is 0 Å². The van der Waals surface area contributed by atoms with Gasteiger partial charge in [0.25, 0.3) is 0 Å². The van der Waals surface area contributed by atoms with Gasteiger partial charge in [-0.3, -0.25) is 4.79 Å². The lowest BCUT2D eigenvalue weighted by atomic mass is 9.81. The molecule has 0 spiro atoms. The minimum Gasteiger partial charge on any atom is -0.353 e. The number of carbonyl (C=O) groups is 1. The molecule has 1 aliphatic rings. The Morgan fingerprint density at radius 2 is 1.90 bits per heavy atom. The van der Waals surface area contributed by atoms with Crippen LogP contribution in [0.25, 0.3) is 0 Å². The fraction of sp³-hybridized carbons (Fsp3) is 0.588. The molecule has 1 aromatic carbocycles. The Balaban J connectivity index is 1.78. The third kappa shape index (κ3) is 5.01. The predicted molar refractivity (Wildman–Crippen MR) is 87.3 cm³/mol. The van der Waals surface area contributed by atoms with Crippen LogP contribution in [0, 0.1) is 11.8 Å². The van der Waals surface area contributed by atoms with Crippen molar-refractivity contribution in [3.8, 4) is 0 Å². The van der Waals surface area contributed by atoms with E-state index >= 15 is 0 Å². The minimum atomic E-state index is 0.144. The highest BCUT2D eigenvalue weighted by atomic mass is 35.5. The minimum absolute atomic E-state index is 0.144. The van der Waals surface area contributed by atoms with E-state index in [0.29, 0.717) is 5.92 Å². The fourth-order valence-corrected chi connectivity index (χ4v) is 3.17. The van der Waals surface area contributed by atoms with E-state index in [-0.39, 0.29) is 17.9 Å². The number of amides is 1. The normalized spacial score (nSPS) is 23.6. The van der Waals surface area contributed by atoms with Gasteiger partial charge in [0.05, 0.1) is 0 Å². The summed E-state index contributed by atoms with van der Waals surface area (Å²) in [5.74, 6) is 0.980. The van der Waals surface area contributed by atoms with Gasteiger partial charge in [0.1, 0.15) is 0 Å². The first-order chi connectivity index (χ1) is 10.1. The van der Waals surface area contributed by atoms with Crippen molar-refractivity contribution in [1.82, 2.24) is 5.32 Å². The van der Waals surface area contributed by atoms with Crippen molar-refractivity contribution in [1.29, 1.82) is 0 Å². The number of benzene rings is 1. The Labute approximate surface area is 132 Å². The summed E-state index contributed by atoms with van der Waals surface area (Å²) >= 11 is 5.88. The first-order valence-corrected chi connectivity index (χ1v) is 8.21. The van der Waals surface area contributed by atoms with Crippen molar-refractivity contribution in [2.75, 3.05) is 6.54 Å². The van der Waals surface area contributed by atoms with E-state index in [1.165, 1.54) is 5.56 Å².